The van der Waals surface area contributed by atoms with E-state index in [2.05, 4.69) is 20.8 Å². The van der Waals surface area contributed by atoms with E-state index < -0.39 is 11.7 Å². The van der Waals surface area contributed by atoms with E-state index in [0.29, 0.717) is 11.4 Å². The molecule has 9 heteroatoms. The van der Waals surface area contributed by atoms with Crippen molar-refractivity contribution in [3.05, 3.63) is 64.2 Å². The number of rotatable bonds is 3. The molecule has 0 aliphatic rings. The van der Waals surface area contributed by atoms with Crippen molar-refractivity contribution in [3.8, 4) is 5.69 Å². The van der Waals surface area contributed by atoms with Crippen LogP contribution in [0.2, 0.25) is 10.0 Å². The van der Waals surface area contributed by atoms with Gasteiger partial charge in [-0.2, -0.15) is 0 Å². The second-order valence-corrected chi connectivity index (χ2v) is 5.32. The Morgan fingerprint density at radius 2 is 1.96 bits per heavy atom. The fourth-order valence-corrected chi connectivity index (χ4v) is 2.27. The number of halogens is 3. The summed E-state index contributed by atoms with van der Waals surface area (Å²) in [5, 5.41) is 13.6. The molecule has 3 rings (SSSR count). The average molecular weight is 352 g/mol. The highest BCUT2D eigenvalue weighted by Crippen LogP contribution is 2.23. The lowest BCUT2D eigenvalue weighted by molar-refractivity contribution is 0.102. The number of benzene rings is 2. The van der Waals surface area contributed by atoms with Crippen LogP contribution < -0.4 is 5.32 Å². The fourth-order valence-electron chi connectivity index (χ4n) is 1.88. The van der Waals surface area contributed by atoms with Gasteiger partial charge in [0.1, 0.15) is 12.1 Å². The molecular formula is C14H8Cl2FN5O. The third kappa shape index (κ3) is 3.30. The van der Waals surface area contributed by atoms with Crippen LogP contribution in [0.25, 0.3) is 5.69 Å². The lowest BCUT2D eigenvalue weighted by Crippen LogP contribution is -2.13. The summed E-state index contributed by atoms with van der Waals surface area (Å²) in [6.45, 7) is 0. The van der Waals surface area contributed by atoms with Gasteiger partial charge in [0, 0.05) is 5.69 Å². The normalized spacial score (nSPS) is 10.6. The van der Waals surface area contributed by atoms with Crippen LogP contribution in [0.5, 0.6) is 0 Å². The lowest BCUT2D eigenvalue weighted by atomic mass is 10.1. The maximum absolute atomic E-state index is 13.1. The SMILES string of the molecule is O=C(Nc1ccc(F)c(Cl)c1)c1cc(-n2cnnn2)ccc1Cl. The molecule has 1 heterocycles. The molecule has 0 saturated carbocycles. The van der Waals surface area contributed by atoms with Crippen LogP contribution in [0.1, 0.15) is 10.4 Å². The molecule has 0 aliphatic heterocycles. The minimum atomic E-state index is -0.566. The summed E-state index contributed by atoms with van der Waals surface area (Å²) in [6, 6.07) is 8.65. The predicted octanol–water partition coefficient (Wildman–Crippen LogP) is 3.36. The Hall–Kier alpha value is -2.51. The average Bonchev–Trinajstić information content (AvgIpc) is 3.06. The molecular weight excluding hydrogens is 344 g/mol. The van der Waals surface area contributed by atoms with E-state index in [1.807, 2.05) is 0 Å². The molecule has 116 valence electrons. The predicted molar refractivity (Wildman–Crippen MR) is 83.5 cm³/mol. The molecule has 1 amide bonds. The molecule has 1 N–H and O–H groups in total. The van der Waals surface area contributed by atoms with Crippen LogP contribution in [0.3, 0.4) is 0 Å². The minimum Gasteiger partial charge on any atom is -0.322 e. The van der Waals surface area contributed by atoms with Gasteiger partial charge in [0.15, 0.2) is 0 Å². The maximum Gasteiger partial charge on any atom is 0.257 e. The van der Waals surface area contributed by atoms with E-state index in [1.54, 1.807) is 18.2 Å². The highest BCUT2D eigenvalue weighted by atomic mass is 35.5. The number of anilines is 1. The molecule has 0 bridgehead atoms. The summed E-state index contributed by atoms with van der Waals surface area (Å²) >= 11 is 11.8. The van der Waals surface area contributed by atoms with Crippen LogP contribution in [-0.2, 0) is 0 Å². The highest BCUT2D eigenvalue weighted by Gasteiger charge is 2.13. The van der Waals surface area contributed by atoms with Gasteiger partial charge in [-0.25, -0.2) is 9.07 Å². The van der Waals surface area contributed by atoms with Gasteiger partial charge in [-0.3, -0.25) is 4.79 Å². The van der Waals surface area contributed by atoms with E-state index in [-0.39, 0.29) is 15.6 Å². The summed E-state index contributed by atoms with van der Waals surface area (Å²) in [4.78, 5) is 12.4. The fraction of sp³-hybridized carbons (Fsp3) is 0. The Kier molecular flexibility index (Phi) is 4.22. The third-order valence-electron chi connectivity index (χ3n) is 2.99. The molecule has 1 aromatic heterocycles. The summed E-state index contributed by atoms with van der Waals surface area (Å²) in [6.07, 6.45) is 1.39. The number of tetrazole rings is 1. The second kappa shape index (κ2) is 6.31. The maximum atomic E-state index is 13.1. The van der Waals surface area contributed by atoms with E-state index in [4.69, 9.17) is 23.2 Å². The smallest absolute Gasteiger partial charge is 0.257 e. The van der Waals surface area contributed by atoms with Gasteiger partial charge in [-0.15, -0.1) is 5.10 Å². The first kappa shape index (κ1) is 15.4. The summed E-state index contributed by atoms with van der Waals surface area (Å²) in [5.74, 6) is -1.03. The largest absolute Gasteiger partial charge is 0.322 e. The molecule has 6 nitrogen and oxygen atoms in total. The van der Waals surface area contributed by atoms with Gasteiger partial charge in [0.2, 0.25) is 0 Å². The molecule has 23 heavy (non-hydrogen) atoms. The molecule has 2 aromatic carbocycles. The van der Waals surface area contributed by atoms with Crippen molar-refractivity contribution in [2.45, 2.75) is 0 Å². The van der Waals surface area contributed by atoms with Crippen molar-refractivity contribution in [1.82, 2.24) is 20.2 Å². The zero-order valence-electron chi connectivity index (χ0n) is 11.4. The Labute approximate surface area is 139 Å². The molecule has 3 aromatic rings. The minimum absolute atomic E-state index is 0.0867. The number of hydrogen-bond donors (Lipinski definition) is 1. The third-order valence-corrected chi connectivity index (χ3v) is 3.60. The van der Waals surface area contributed by atoms with Gasteiger partial charge in [0.05, 0.1) is 21.3 Å². The molecule has 0 atom stereocenters. The zero-order chi connectivity index (χ0) is 16.4. The number of nitrogens with one attached hydrogen (secondary N) is 1. The van der Waals surface area contributed by atoms with Crippen molar-refractivity contribution in [1.29, 1.82) is 0 Å². The van der Waals surface area contributed by atoms with Crippen molar-refractivity contribution in [2.75, 3.05) is 5.32 Å². The van der Waals surface area contributed by atoms with E-state index in [1.165, 1.54) is 23.1 Å². The van der Waals surface area contributed by atoms with E-state index >= 15 is 0 Å². The Bertz CT molecular complexity index is 870. The quantitative estimate of drug-likeness (QED) is 0.785. The molecule has 0 spiro atoms. The topological polar surface area (TPSA) is 72.7 Å². The second-order valence-electron chi connectivity index (χ2n) is 4.50. The molecule has 0 unspecified atom stereocenters. The number of hydrogen-bond acceptors (Lipinski definition) is 4. The lowest BCUT2D eigenvalue weighted by Gasteiger charge is -2.09. The summed E-state index contributed by atoms with van der Waals surface area (Å²) < 4.78 is 14.5. The summed E-state index contributed by atoms with van der Waals surface area (Å²) in [5.41, 5.74) is 1.15. The van der Waals surface area contributed by atoms with Gasteiger partial charge >= 0.3 is 0 Å². The number of carbonyl (C=O) groups excluding carboxylic acids is 1. The van der Waals surface area contributed by atoms with Crippen molar-refractivity contribution < 1.29 is 9.18 Å². The van der Waals surface area contributed by atoms with Crippen molar-refractivity contribution in [2.24, 2.45) is 0 Å². The number of carbonyl (C=O) groups is 1. The number of amides is 1. The van der Waals surface area contributed by atoms with Crippen LogP contribution in [0, 0.1) is 5.82 Å². The molecule has 0 fully saturated rings. The highest BCUT2D eigenvalue weighted by molar-refractivity contribution is 6.34. The van der Waals surface area contributed by atoms with E-state index in [9.17, 15) is 9.18 Å². The monoisotopic (exact) mass is 351 g/mol. The van der Waals surface area contributed by atoms with Gasteiger partial charge in [-0.05, 0) is 46.8 Å². The first-order valence-electron chi connectivity index (χ1n) is 6.34. The molecule has 0 aliphatic carbocycles. The zero-order valence-corrected chi connectivity index (χ0v) is 12.9. The Morgan fingerprint density at radius 3 is 2.65 bits per heavy atom. The van der Waals surface area contributed by atoms with Gasteiger partial charge in [0.25, 0.3) is 5.91 Å². The molecule has 0 radical (unpaired) electrons. The van der Waals surface area contributed by atoms with E-state index in [0.717, 1.165) is 6.07 Å². The number of aromatic nitrogens is 4. The van der Waals surface area contributed by atoms with Gasteiger partial charge < -0.3 is 5.32 Å². The van der Waals surface area contributed by atoms with Crippen molar-refractivity contribution >= 4 is 34.8 Å². The first-order chi connectivity index (χ1) is 11.0. The Balaban J connectivity index is 1.89. The van der Waals surface area contributed by atoms with Crippen LogP contribution in [-0.4, -0.2) is 26.1 Å². The van der Waals surface area contributed by atoms with Crippen LogP contribution in [0.15, 0.2) is 42.7 Å². The Morgan fingerprint density at radius 1 is 1.13 bits per heavy atom. The van der Waals surface area contributed by atoms with Crippen LogP contribution in [0.4, 0.5) is 10.1 Å². The number of nitrogens with zero attached hydrogens (tertiary/aromatic N) is 4. The van der Waals surface area contributed by atoms with Crippen molar-refractivity contribution in [3.63, 3.8) is 0 Å². The van der Waals surface area contributed by atoms with Crippen LogP contribution >= 0.6 is 23.2 Å². The van der Waals surface area contributed by atoms with Gasteiger partial charge in [-0.1, -0.05) is 23.2 Å². The first-order valence-corrected chi connectivity index (χ1v) is 7.09. The standard InChI is InChI=1S/C14H8Cl2FN5O/c15-11-3-2-9(22-7-18-20-21-22)6-10(11)14(23)19-8-1-4-13(17)12(16)5-8/h1-7H,(H,19,23). The summed E-state index contributed by atoms with van der Waals surface area (Å²) in [7, 11) is 0. The molecule has 0 saturated heterocycles.